The summed E-state index contributed by atoms with van der Waals surface area (Å²) in [6, 6.07) is -2.94. The molecule has 0 spiro atoms. The number of carbonyl (C=O) groups excluding carboxylic acids is 4. The van der Waals surface area contributed by atoms with E-state index in [0.29, 0.717) is 0 Å². The van der Waals surface area contributed by atoms with Gasteiger partial charge in [-0.25, -0.2) is 9.29 Å². The van der Waals surface area contributed by atoms with E-state index in [1.54, 1.807) is 0 Å². The summed E-state index contributed by atoms with van der Waals surface area (Å²) in [6.45, 7) is -0.676. The predicted molar refractivity (Wildman–Crippen MR) is 112 cm³/mol. The Hall–Kier alpha value is -1.53. The van der Waals surface area contributed by atoms with Crippen molar-refractivity contribution in [3.8, 4) is 0 Å². The summed E-state index contributed by atoms with van der Waals surface area (Å²) in [5, 5.41) is 9.59. The molecule has 1 aromatic heterocycles. The molecule has 2 heterocycles. The molecule has 0 saturated carbocycles. The smallest absolute Gasteiger partial charge is 1.00 e. The first-order chi connectivity index (χ1) is 15.0. The summed E-state index contributed by atoms with van der Waals surface area (Å²) >= 11 is 11.6. The maximum atomic E-state index is 12.7. The summed E-state index contributed by atoms with van der Waals surface area (Å²) in [6.07, 6.45) is 0. The van der Waals surface area contributed by atoms with Gasteiger partial charge >= 0.3 is 45.8 Å². The molecule has 2 unspecified atom stereocenters. The van der Waals surface area contributed by atoms with E-state index in [-0.39, 0.29) is 52.0 Å². The van der Waals surface area contributed by atoms with Gasteiger partial charge in [-0.2, -0.15) is 8.42 Å². The Bertz CT molecular complexity index is 1060. The minimum absolute atomic E-state index is 0. The van der Waals surface area contributed by atoms with Gasteiger partial charge in [0.05, 0.1) is 0 Å². The van der Waals surface area contributed by atoms with Crippen LogP contribution in [0.3, 0.4) is 0 Å². The molecular formula is C14H16Cl2N5NaO9S2. The third-order valence-corrected chi connectivity index (χ3v) is 5.91. The fourth-order valence-electron chi connectivity index (χ4n) is 2.44. The molecule has 3 N–H and O–H groups in total. The van der Waals surface area contributed by atoms with E-state index in [9.17, 15) is 32.1 Å². The van der Waals surface area contributed by atoms with Crippen LogP contribution in [0.1, 0.15) is 7.12 Å². The second-order valence-corrected chi connectivity index (χ2v) is 8.47. The fourth-order valence-corrected chi connectivity index (χ4v) is 4.16. The molecular weight excluding hydrogens is 540 g/mol. The Kier molecular flexibility index (Phi) is 11.4. The molecule has 2 atom stereocenters. The molecule has 0 bridgehead atoms. The average molecular weight is 556 g/mol. The van der Waals surface area contributed by atoms with Crippen LogP contribution < -0.4 is 40.2 Å². The average Bonchev–Trinajstić information content (AvgIpc) is 3.19. The Morgan fingerprint density at radius 3 is 2.58 bits per heavy atom. The number of amides is 3. The van der Waals surface area contributed by atoms with E-state index in [0.717, 1.165) is 18.4 Å². The standard InChI is InChI=1S/C14H15Cl2N5O9S2.Na.H/c1-29-20-10(6-5-31-14(17-6)18-8(22)2-15)12(24)19-11-7(4-30-9(23)3-16)21(13(11)25)32(26,27)28;;/h5,7,11H,2-4H2,1H3,(H,19,24)(H,17,18,22)(H,26,27,28);;/q;+1;-1/b20-10-;;. The van der Waals surface area contributed by atoms with Crippen LogP contribution in [0.25, 0.3) is 0 Å². The van der Waals surface area contributed by atoms with Crippen molar-refractivity contribution in [3.05, 3.63) is 11.1 Å². The van der Waals surface area contributed by atoms with Crippen molar-refractivity contribution in [1.29, 1.82) is 0 Å². The molecule has 14 nitrogen and oxygen atoms in total. The van der Waals surface area contributed by atoms with Crippen LogP contribution in [0.4, 0.5) is 5.13 Å². The van der Waals surface area contributed by atoms with Crippen molar-refractivity contribution in [1.82, 2.24) is 14.6 Å². The molecule has 1 aliphatic rings. The molecule has 178 valence electrons. The quantitative estimate of drug-likeness (QED) is 0.0487. The topological polar surface area (TPSA) is 194 Å². The van der Waals surface area contributed by atoms with Crippen molar-refractivity contribution >= 4 is 79.4 Å². The van der Waals surface area contributed by atoms with Crippen LogP contribution in [-0.4, -0.2) is 89.2 Å². The Morgan fingerprint density at radius 2 is 2.03 bits per heavy atom. The summed E-state index contributed by atoms with van der Waals surface area (Å²) in [4.78, 5) is 56.1. The summed E-state index contributed by atoms with van der Waals surface area (Å²) in [5.41, 5.74) is -0.451. The zero-order chi connectivity index (χ0) is 24.1. The molecule has 33 heavy (non-hydrogen) atoms. The molecule has 1 aromatic rings. The van der Waals surface area contributed by atoms with Gasteiger partial charge in [-0.15, -0.1) is 34.5 Å². The molecule has 19 heteroatoms. The number of hydrogen-bond donors (Lipinski definition) is 3. The van der Waals surface area contributed by atoms with Gasteiger partial charge in [0.25, 0.3) is 11.8 Å². The van der Waals surface area contributed by atoms with Crippen LogP contribution in [0, 0.1) is 0 Å². The number of alkyl halides is 2. The van der Waals surface area contributed by atoms with E-state index in [1.165, 1.54) is 5.38 Å². The summed E-state index contributed by atoms with van der Waals surface area (Å²) in [7, 11) is -3.85. The van der Waals surface area contributed by atoms with Gasteiger partial charge in [0, 0.05) is 5.38 Å². The number of oxime groups is 1. The second kappa shape index (κ2) is 12.8. The number of anilines is 1. The second-order valence-electron chi connectivity index (χ2n) is 5.79. The number of nitrogens with zero attached hydrogens (tertiary/aromatic N) is 3. The van der Waals surface area contributed by atoms with E-state index in [4.69, 9.17) is 27.9 Å². The number of rotatable bonds is 10. The monoisotopic (exact) mass is 555 g/mol. The maximum absolute atomic E-state index is 12.7. The zero-order valence-corrected chi connectivity index (χ0v) is 22.1. The molecule has 0 aromatic carbocycles. The number of nitrogens with one attached hydrogen (secondary N) is 2. The van der Waals surface area contributed by atoms with Crippen LogP contribution in [0.15, 0.2) is 10.5 Å². The number of thiazole rings is 1. The van der Waals surface area contributed by atoms with E-state index >= 15 is 0 Å². The number of aromatic nitrogens is 1. The van der Waals surface area contributed by atoms with Gasteiger partial charge in [-0.1, -0.05) is 5.16 Å². The van der Waals surface area contributed by atoms with E-state index in [1.807, 2.05) is 0 Å². The molecule has 2 rings (SSSR count). The molecule has 1 fully saturated rings. The van der Waals surface area contributed by atoms with Crippen LogP contribution in [-0.2, 0) is 39.1 Å². The number of carbonyl (C=O) groups is 4. The predicted octanol–water partition coefficient (Wildman–Crippen LogP) is -3.93. The first-order valence-corrected chi connectivity index (χ1v) is 11.6. The number of ether oxygens (including phenoxy) is 1. The van der Waals surface area contributed by atoms with E-state index < -0.39 is 64.3 Å². The third kappa shape index (κ3) is 7.48. The normalized spacial score (nSPS) is 18.0. The minimum Gasteiger partial charge on any atom is -1.00 e. The number of halogens is 2. The van der Waals surface area contributed by atoms with Gasteiger partial charge in [-0.05, 0) is 0 Å². The fraction of sp³-hybridized carbons (Fsp3) is 0.429. The summed E-state index contributed by atoms with van der Waals surface area (Å²) in [5.74, 6) is -4.50. The zero-order valence-electron chi connectivity index (χ0n) is 18.0. The number of esters is 1. The number of hydrogen-bond acceptors (Lipinski definition) is 11. The third-order valence-electron chi connectivity index (χ3n) is 3.74. The Labute approximate surface area is 224 Å². The van der Waals surface area contributed by atoms with Crippen molar-refractivity contribution < 1.29 is 72.7 Å². The largest absolute Gasteiger partial charge is 1.00 e. The Balaban J connectivity index is 0.00000544. The van der Waals surface area contributed by atoms with Gasteiger partial charge in [0.1, 0.15) is 43.3 Å². The van der Waals surface area contributed by atoms with Crippen LogP contribution in [0.5, 0.6) is 0 Å². The van der Waals surface area contributed by atoms with Crippen LogP contribution in [0.2, 0.25) is 0 Å². The van der Waals surface area contributed by atoms with Gasteiger partial charge in [0.15, 0.2) is 10.8 Å². The van der Waals surface area contributed by atoms with Crippen LogP contribution >= 0.6 is 34.5 Å². The number of β-lactam (4-membered cyclic amide) rings is 1. The van der Waals surface area contributed by atoms with Crippen molar-refractivity contribution in [2.24, 2.45) is 5.16 Å². The molecule has 3 amide bonds. The molecule has 1 aliphatic heterocycles. The van der Waals surface area contributed by atoms with Crippen molar-refractivity contribution in [2.75, 3.05) is 30.8 Å². The minimum atomic E-state index is -4.99. The van der Waals surface area contributed by atoms with Gasteiger partial charge in [-0.3, -0.25) is 23.7 Å². The SMILES string of the molecule is CO/N=C(\C(=O)NC1C(=O)N(S(=O)(=O)O)C1COC(=O)CCl)c1csc(NC(=O)CCl)n1.[H-].[Na+]. The van der Waals surface area contributed by atoms with E-state index in [2.05, 4.69) is 25.6 Å². The molecule has 1 saturated heterocycles. The first-order valence-electron chi connectivity index (χ1n) is 8.29. The Morgan fingerprint density at radius 1 is 1.36 bits per heavy atom. The van der Waals surface area contributed by atoms with Crippen molar-refractivity contribution in [2.45, 2.75) is 12.1 Å². The molecule has 0 radical (unpaired) electrons. The van der Waals surface area contributed by atoms with Gasteiger partial charge in [0.2, 0.25) is 5.91 Å². The summed E-state index contributed by atoms with van der Waals surface area (Å²) < 4.78 is 36.9. The van der Waals surface area contributed by atoms with Crippen molar-refractivity contribution in [3.63, 3.8) is 0 Å². The maximum Gasteiger partial charge on any atom is 1.00 e. The first kappa shape index (κ1) is 29.5. The van der Waals surface area contributed by atoms with Gasteiger partial charge < -0.3 is 21.6 Å². The molecule has 0 aliphatic carbocycles.